The van der Waals surface area contributed by atoms with Crippen molar-refractivity contribution in [2.75, 3.05) is 6.54 Å². The number of carbonyl (C=O) groups excluding carboxylic acids is 2. The third-order valence-corrected chi connectivity index (χ3v) is 4.49. The van der Waals surface area contributed by atoms with Gasteiger partial charge in [-0.1, -0.05) is 19.3 Å². The van der Waals surface area contributed by atoms with Gasteiger partial charge in [0, 0.05) is 19.4 Å². The molecule has 0 bridgehead atoms. The van der Waals surface area contributed by atoms with Crippen LogP contribution in [0.3, 0.4) is 0 Å². The molecule has 2 aliphatic rings. The van der Waals surface area contributed by atoms with Gasteiger partial charge in [-0.15, -0.1) is 0 Å². The van der Waals surface area contributed by atoms with Crippen molar-refractivity contribution in [1.82, 2.24) is 4.90 Å². The Morgan fingerprint density at radius 1 is 1.20 bits per heavy atom. The third-order valence-electron chi connectivity index (χ3n) is 4.49. The summed E-state index contributed by atoms with van der Waals surface area (Å²) in [5.74, 6) is -0.658. The average molecular weight is 273 g/mol. The molecule has 1 atom stereocenters. The quantitative estimate of drug-likeness (QED) is 0.734. The van der Waals surface area contributed by atoms with Gasteiger partial charge in [0.25, 0.3) is 0 Å². The fourth-order valence-electron chi connectivity index (χ4n) is 3.32. The molecule has 0 aromatic heterocycles. The molecule has 1 unspecified atom stereocenters. The molecule has 20 heavy (non-hydrogen) atoms. The van der Waals surface area contributed by atoms with Crippen molar-refractivity contribution < 1.29 is 9.59 Å². The first kappa shape index (κ1) is 14.5. The zero-order chi connectivity index (χ0) is 14.6. The predicted molar refractivity (Wildman–Crippen MR) is 70.8 cm³/mol. The van der Waals surface area contributed by atoms with Crippen LogP contribution in [0.15, 0.2) is 0 Å². The van der Waals surface area contributed by atoms with Gasteiger partial charge >= 0.3 is 0 Å². The summed E-state index contributed by atoms with van der Waals surface area (Å²) in [6, 6.07) is 4.10. The Kier molecular flexibility index (Phi) is 4.39. The van der Waals surface area contributed by atoms with Crippen molar-refractivity contribution in [3.05, 3.63) is 0 Å². The number of hydrogen-bond donors (Lipinski definition) is 0. The van der Waals surface area contributed by atoms with Gasteiger partial charge in [-0.2, -0.15) is 10.5 Å². The summed E-state index contributed by atoms with van der Waals surface area (Å²) in [7, 11) is 0. The minimum absolute atomic E-state index is 0.0839. The van der Waals surface area contributed by atoms with E-state index in [9.17, 15) is 9.59 Å². The molecule has 1 aliphatic carbocycles. The first-order valence-corrected chi connectivity index (χ1v) is 7.24. The van der Waals surface area contributed by atoms with Crippen LogP contribution in [0.1, 0.15) is 51.4 Å². The first-order valence-electron chi connectivity index (χ1n) is 7.24. The maximum absolute atomic E-state index is 12.5. The highest BCUT2D eigenvalue weighted by molar-refractivity contribution is 6.05. The molecule has 0 radical (unpaired) electrons. The maximum atomic E-state index is 12.5. The molecule has 1 aliphatic heterocycles. The Hall–Kier alpha value is -1.88. The SMILES string of the molecule is N#CCCC(C#N)CN1C(=O)CC2(CCCCC2)C1=O. The topological polar surface area (TPSA) is 85.0 Å². The number of hydrogen-bond acceptors (Lipinski definition) is 4. The largest absolute Gasteiger partial charge is 0.281 e. The van der Waals surface area contributed by atoms with Gasteiger partial charge in [0.15, 0.2) is 0 Å². The molecule has 1 saturated heterocycles. The second-order valence-electron chi connectivity index (χ2n) is 5.85. The van der Waals surface area contributed by atoms with E-state index in [1.165, 1.54) is 4.90 Å². The fourth-order valence-corrected chi connectivity index (χ4v) is 3.32. The minimum Gasteiger partial charge on any atom is -0.281 e. The van der Waals surface area contributed by atoms with Crippen molar-refractivity contribution in [2.45, 2.75) is 51.4 Å². The van der Waals surface area contributed by atoms with Gasteiger partial charge in [0.2, 0.25) is 11.8 Å². The molecule has 1 spiro atoms. The molecule has 2 fully saturated rings. The predicted octanol–water partition coefficient (Wildman–Crippen LogP) is 2.14. The number of rotatable bonds is 4. The Morgan fingerprint density at radius 3 is 2.50 bits per heavy atom. The van der Waals surface area contributed by atoms with Crippen LogP contribution in [0.4, 0.5) is 0 Å². The van der Waals surface area contributed by atoms with Crippen molar-refractivity contribution in [2.24, 2.45) is 11.3 Å². The van der Waals surface area contributed by atoms with Gasteiger partial charge in [0.05, 0.1) is 23.5 Å². The molecule has 106 valence electrons. The van der Waals surface area contributed by atoms with E-state index in [4.69, 9.17) is 10.5 Å². The van der Waals surface area contributed by atoms with Crippen LogP contribution in [0.25, 0.3) is 0 Å². The smallest absolute Gasteiger partial charge is 0.235 e. The van der Waals surface area contributed by atoms with Crippen LogP contribution in [0.5, 0.6) is 0 Å². The van der Waals surface area contributed by atoms with Gasteiger partial charge in [-0.25, -0.2) is 0 Å². The van der Waals surface area contributed by atoms with Crippen LogP contribution in [-0.4, -0.2) is 23.3 Å². The molecular weight excluding hydrogens is 254 g/mol. The van der Waals surface area contributed by atoms with E-state index in [0.29, 0.717) is 12.8 Å². The average Bonchev–Trinajstić information content (AvgIpc) is 2.68. The van der Waals surface area contributed by atoms with Crippen molar-refractivity contribution in [3.63, 3.8) is 0 Å². The highest BCUT2D eigenvalue weighted by Crippen LogP contribution is 2.45. The number of imide groups is 1. The normalized spacial score (nSPS) is 22.6. The molecule has 5 nitrogen and oxygen atoms in total. The Labute approximate surface area is 119 Å². The van der Waals surface area contributed by atoms with Crippen molar-refractivity contribution in [1.29, 1.82) is 10.5 Å². The summed E-state index contributed by atoms with van der Waals surface area (Å²) >= 11 is 0. The third kappa shape index (κ3) is 2.67. The number of carbonyl (C=O) groups is 2. The van der Waals surface area contributed by atoms with Crippen LogP contribution in [-0.2, 0) is 9.59 Å². The standard InChI is InChI=1S/C15H19N3O2/c16-8-4-5-12(10-17)11-18-13(19)9-15(14(18)20)6-2-1-3-7-15/h12H,1-7,9,11H2. The molecule has 1 heterocycles. The van der Waals surface area contributed by atoms with Crippen LogP contribution >= 0.6 is 0 Å². The van der Waals surface area contributed by atoms with E-state index < -0.39 is 11.3 Å². The summed E-state index contributed by atoms with van der Waals surface area (Å²) in [5.41, 5.74) is -0.482. The zero-order valence-electron chi connectivity index (χ0n) is 11.6. The van der Waals surface area contributed by atoms with Crippen LogP contribution in [0.2, 0.25) is 0 Å². The van der Waals surface area contributed by atoms with Crippen molar-refractivity contribution >= 4 is 11.8 Å². The number of nitriles is 2. The fraction of sp³-hybridized carbons (Fsp3) is 0.733. The second kappa shape index (κ2) is 6.05. The van der Waals surface area contributed by atoms with Crippen LogP contribution < -0.4 is 0 Å². The summed E-state index contributed by atoms with van der Waals surface area (Å²) < 4.78 is 0. The minimum atomic E-state index is -0.482. The number of nitrogens with zero attached hydrogens (tertiary/aromatic N) is 3. The van der Waals surface area contributed by atoms with E-state index in [1.54, 1.807) is 0 Å². The second-order valence-corrected chi connectivity index (χ2v) is 5.85. The molecule has 5 heteroatoms. The van der Waals surface area contributed by atoms with Gasteiger partial charge in [0.1, 0.15) is 0 Å². The van der Waals surface area contributed by atoms with E-state index in [1.807, 2.05) is 6.07 Å². The zero-order valence-corrected chi connectivity index (χ0v) is 11.6. The molecule has 0 aromatic rings. The summed E-state index contributed by atoms with van der Waals surface area (Å²) in [6.45, 7) is 0.150. The van der Waals surface area contributed by atoms with E-state index in [0.717, 1.165) is 32.1 Å². The monoisotopic (exact) mass is 273 g/mol. The van der Waals surface area contributed by atoms with Crippen molar-refractivity contribution in [3.8, 4) is 12.1 Å². The lowest BCUT2D eigenvalue weighted by molar-refractivity contribution is -0.142. The summed E-state index contributed by atoms with van der Waals surface area (Å²) in [6.07, 6.45) is 5.73. The molecular formula is C15H19N3O2. The van der Waals surface area contributed by atoms with Crippen LogP contribution in [0, 0.1) is 34.0 Å². The molecule has 0 N–H and O–H groups in total. The summed E-state index contributed by atoms with van der Waals surface area (Å²) in [4.78, 5) is 25.9. The Balaban J connectivity index is 2.05. The number of amides is 2. The van der Waals surface area contributed by atoms with Gasteiger partial charge in [-0.3, -0.25) is 14.5 Å². The molecule has 2 rings (SSSR count). The summed E-state index contributed by atoms with van der Waals surface area (Å²) in [5, 5.41) is 17.6. The molecule has 1 saturated carbocycles. The lowest BCUT2D eigenvalue weighted by atomic mass is 9.73. The highest BCUT2D eigenvalue weighted by atomic mass is 16.2. The Bertz CT molecular complexity index is 480. The van der Waals surface area contributed by atoms with E-state index >= 15 is 0 Å². The first-order chi connectivity index (χ1) is 9.63. The van der Waals surface area contributed by atoms with Gasteiger partial charge in [-0.05, 0) is 19.3 Å². The van der Waals surface area contributed by atoms with E-state index in [2.05, 4.69) is 6.07 Å². The maximum Gasteiger partial charge on any atom is 0.235 e. The number of likely N-dealkylation sites (tertiary alicyclic amines) is 1. The molecule has 0 aromatic carbocycles. The van der Waals surface area contributed by atoms with E-state index in [-0.39, 0.29) is 24.8 Å². The lowest BCUT2D eigenvalue weighted by Gasteiger charge is -2.30. The Morgan fingerprint density at radius 2 is 1.90 bits per heavy atom. The van der Waals surface area contributed by atoms with Gasteiger partial charge < -0.3 is 0 Å². The lowest BCUT2D eigenvalue weighted by Crippen LogP contribution is -2.39. The highest BCUT2D eigenvalue weighted by Gasteiger charge is 2.51. The molecule has 2 amide bonds.